The number of hydrogen-bond acceptors (Lipinski definition) is 3. The molecule has 4 aliphatic rings. The van der Waals surface area contributed by atoms with Crippen LogP contribution in [0.5, 0.6) is 0 Å². The number of halogens is 1. The van der Waals surface area contributed by atoms with Gasteiger partial charge >= 0.3 is 0 Å². The van der Waals surface area contributed by atoms with E-state index in [1.54, 1.807) is 0 Å². The van der Waals surface area contributed by atoms with Gasteiger partial charge in [-0.3, -0.25) is 9.69 Å². The fourth-order valence-corrected chi connectivity index (χ4v) is 5.02. The van der Waals surface area contributed by atoms with Crippen LogP contribution in [0, 0.1) is 23.7 Å². The molecule has 130 valence electrons. The van der Waals surface area contributed by atoms with Crippen molar-refractivity contribution in [2.24, 2.45) is 23.7 Å². The van der Waals surface area contributed by atoms with Crippen molar-refractivity contribution in [2.75, 3.05) is 39.4 Å². The Balaban J connectivity index is 1.17. The summed E-state index contributed by atoms with van der Waals surface area (Å²) < 4.78 is 20.0. The maximum atomic E-state index is 14.7. The third kappa shape index (κ3) is 3.41. The molecule has 2 saturated heterocycles. The van der Waals surface area contributed by atoms with Crippen LogP contribution >= 0.6 is 0 Å². The Morgan fingerprint density at radius 3 is 2.48 bits per heavy atom. The van der Waals surface area contributed by atoms with E-state index in [2.05, 4.69) is 10.2 Å². The standard InChI is InChI=1S/C18H29FN2O2/c19-18(5-7-23-8-6-18)12-21-10-15-14(16(15)11-21)9-20-17(22)13-3-1-2-4-13/h13-16H,1-12H2,(H,20,22). The molecule has 2 unspecified atom stereocenters. The predicted octanol–water partition coefficient (Wildman–Crippen LogP) is 1.99. The lowest BCUT2D eigenvalue weighted by Gasteiger charge is -2.34. The Bertz CT molecular complexity index is 434. The summed E-state index contributed by atoms with van der Waals surface area (Å²) in [5.41, 5.74) is -1.04. The van der Waals surface area contributed by atoms with E-state index in [1.807, 2.05) is 0 Å². The van der Waals surface area contributed by atoms with E-state index in [0.29, 0.717) is 50.4 Å². The van der Waals surface area contributed by atoms with Gasteiger partial charge in [-0.2, -0.15) is 0 Å². The predicted molar refractivity (Wildman–Crippen MR) is 85.8 cm³/mol. The molecule has 0 spiro atoms. The number of carbonyl (C=O) groups excluding carboxylic acids is 1. The van der Waals surface area contributed by atoms with Gasteiger partial charge in [-0.1, -0.05) is 12.8 Å². The number of carbonyl (C=O) groups is 1. The Morgan fingerprint density at radius 1 is 1.17 bits per heavy atom. The van der Waals surface area contributed by atoms with Crippen molar-refractivity contribution in [3.63, 3.8) is 0 Å². The van der Waals surface area contributed by atoms with Gasteiger partial charge in [-0.25, -0.2) is 4.39 Å². The minimum Gasteiger partial charge on any atom is -0.381 e. The highest BCUT2D eigenvalue weighted by molar-refractivity contribution is 5.78. The van der Waals surface area contributed by atoms with Gasteiger partial charge in [-0.05, 0) is 30.6 Å². The average Bonchev–Trinajstić information content (AvgIpc) is 2.95. The van der Waals surface area contributed by atoms with Crippen LogP contribution in [0.15, 0.2) is 0 Å². The Labute approximate surface area is 138 Å². The molecule has 4 rings (SSSR count). The van der Waals surface area contributed by atoms with Gasteiger partial charge in [0.1, 0.15) is 5.67 Å². The fourth-order valence-electron chi connectivity index (χ4n) is 5.02. The summed E-state index contributed by atoms with van der Waals surface area (Å²) in [4.78, 5) is 14.4. The first-order valence-electron chi connectivity index (χ1n) is 9.41. The highest BCUT2D eigenvalue weighted by Crippen LogP contribution is 2.51. The van der Waals surface area contributed by atoms with Gasteiger partial charge in [0.15, 0.2) is 0 Å². The van der Waals surface area contributed by atoms with E-state index >= 15 is 0 Å². The van der Waals surface area contributed by atoms with Crippen LogP contribution in [0.1, 0.15) is 38.5 Å². The lowest BCUT2D eigenvalue weighted by atomic mass is 9.96. The lowest BCUT2D eigenvalue weighted by molar-refractivity contribution is -0.124. The summed E-state index contributed by atoms with van der Waals surface area (Å²) in [6, 6.07) is 0. The Hall–Kier alpha value is -0.680. The first-order chi connectivity index (χ1) is 11.1. The van der Waals surface area contributed by atoms with E-state index in [4.69, 9.17) is 4.74 Å². The van der Waals surface area contributed by atoms with Crippen molar-refractivity contribution in [1.29, 1.82) is 0 Å². The van der Waals surface area contributed by atoms with Gasteiger partial charge < -0.3 is 10.1 Å². The van der Waals surface area contributed by atoms with Gasteiger partial charge in [0.2, 0.25) is 5.91 Å². The monoisotopic (exact) mass is 324 g/mol. The summed E-state index contributed by atoms with van der Waals surface area (Å²) in [6.45, 7) is 4.57. The SMILES string of the molecule is O=C(NCC1C2CN(CC3(F)CCOCC3)CC12)C1CCCC1. The van der Waals surface area contributed by atoms with Crippen LogP contribution in [0.4, 0.5) is 4.39 Å². The molecule has 4 nitrogen and oxygen atoms in total. The van der Waals surface area contributed by atoms with Gasteiger partial charge in [-0.15, -0.1) is 0 Å². The molecule has 2 saturated carbocycles. The number of alkyl halides is 1. The normalized spacial score (nSPS) is 36.8. The molecule has 0 bridgehead atoms. The second kappa shape index (κ2) is 6.32. The number of ether oxygens (including phenoxy) is 1. The van der Waals surface area contributed by atoms with Crippen molar-refractivity contribution in [1.82, 2.24) is 10.2 Å². The molecule has 2 aliphatic heterocycles. The topological polar surface area (TPSA) is 41.6 Å². The first-order valence-corrected chi connectivity index (χ1v) is 9.41. The molecule has 5 heteroatoms. The maximum absolute atomic E-state index is 14.7. The van der Waals surface area contributed by atoms with Crippen LogP contribution in [-0.2, 0) is 9.53 Å². The average molecular weight is 324 g/mol. The summed E-state index contributed by atoms with van der Waals surface area (Å²) in [6.07, 6.45) is 5.63. The van der Waals surface area contributed by atoms with Crippen LogP contribution in [-0.4, -0.2) is 55.9 Å². The number of piperidine rings is 1. The lowest BCUT2D eigenvalue weighted by Crippen LogP contribution is -2.44. The molecule has 1 N–H and O–H groups in total. The zero-order chi connectivity index (χ0) is 15.9. The fraction of sp³-hybridized carbons (Fsp3) is 0.944. The third-order valence-electron chi connectivity index (χ3n) is 6.58. The maximum Gasteiger partial charge on any atom is 0.223 e. The van der Waals surface area contributed by atoms with E-state index in [0.717, 1.165) is 32.5 Å². The first kappa shape index (κ1) is 15.8. The summed E-state index contributed by atoms with van der Waals surface area (Å²) in [5, 5.41) is 3.17. The van der Waals surface area contributed by atoms with Crippen LogP contribution in [0.3, 0.4) is 0 Å². The van der Waals surface area contributed by atoms with Crippen LogP contribution in [0.25, 0.3) is 0 Å². The summed E-state index contributed by atoms with van der Waals surface area (Å²) in [5.74, 6) is 2.55. The summed E-state index contributed by atoms with van der Waals surface area (Å²) in [7, 11) is 0. The Morgan fingerprint density at radius 2 is 1.83 bits per heavy atom. The molecular weight excluding hydrogens is 295 g/mol. The zero-order valence-electron chi connectivity index (χ0n) is 13.9. The molecule has 0 aromatic rings. The van der Waals surface area contributed by atoms with Crippen molar-refractivity contribution in [2.45, 2.75) is 44.2 Å². The van der Waals surface area contributed by atoms with Crippen LogP contribution < -0.4 is 5.32 Å². The highest BCUT2D eigenvalue weighted by atomic mass is 19.1. The molecule has 2 atom stereocenters. The minimum absolute atomic E-state index is 0.269. The molecule has 2 aliphatic carbocycles. The van der Waals surface area contributed by atoms with E-state index in [-0.39, 0.29) is 11.8 Å². The highest BCUT2D eigenvalue weighted by Gasteiger charge is 2.56. The van der Waals surface area contributed by atoms with Gasteiger partial charge in [0.05, 0.1) is 0 Å². The molecule has 0 radical (unpaired) electrons. The van der Waals surface area contributed by atoms with Crippen LogP contribution in [0.2, 0.25) is 0 Å². The number of rotatable bonds is 5. The van der Waals surface area contributed by atoms with E-state index < -0.39 is 5.67 Å². The number of amides is 1. The third-order valence-corrected chi connectivity index (χ3v) is 6.58. The molecular formula is C18H29FN2O2. The number of hydrogen-bond donors (Lipinski definition) is 1. The molecule has 0 aromatic heterocycles. The molecule has 2 heterocycles. The van der Waals surface area contributed by atoms with E-state index in [9.17, 15) is 9.18 Å². The zero-order valence-corrected chi connectivity index (χ0v) is 13.9. The largest absolute Gasteiger partial charge is 0.381 e. The molecule has 0 aromatic carbocycles. The minimum atomic E-state index is -1.04. The summed E-state index contributed by atoms with van der Waals surface area (Å²) >= 11 is 0. The second-order valence-electron chi connectivity index (χ2n) is 8.18. The number of fused-ring (bicyclic) bond motifs is 1. The Kier molecular flexibility index (Phi) is 4.35. The van der Waals surface area contributed by atoms with Crippen molar-refractivity contribution in [3.05, 3.63) is 0 Å². The van der Waals surface area contributed by atoms with Crippen molar-refractivity contribution < 1.29 is 13.9 Å². The van der Waals surface area contributed by atoms with E-state index in [1.165, 1.54) is 12.8 Å². The molecule has 1 amide bonds. The quantitative estimate of drug-likeness (QED) is 0.841. The van der Waals surface area contributed by atoms with Crippen molar-refractivity contribution in [3.8, 4) is 0 Å². The second-order valence-corrected chi connectivity index (χ2v) is 8.18. The van der Waals surface area contributed by atoms with Gasteiger partial charge in [0, 0.05) is 58.2 Å². The number of nitrogens with one attached hydrogen (secondary N) is 1. The van der Waals surface area contributed by atoms with Crippen molar-refractivity contribution >= 4 is 5.91 Å². The van der Waals surface area contributed by atoms with Gasteiger partial charge in [0.25, 0.3) is 0 Å². The number of likely N-dealkylation sites (tertiary alicyclic amines) is 1. The molecule has 4 fully saturated rings. The smallest absolute Gasteiger partial charge is 0.223 e. The molecule has 23 heavy (non-hydrogen) atoms. The number of nitrogens with zero attached hydrogens (tertiary/aromatic N) is 1.